The van der Waals surface area contributed by atoms with Crippen molar-refractivity contribution in [3.05, 3.63) is 30.3 Å². The second kappa shape index (κ2) is 5.01. The molecule has 0 amide bonds. The number of hydrogen-bond acceptors (Lipinski definition) is 2. The fourth-order valence-electron chi connectivity index (χ4n) is 1.63. The molecule has 1 aromatic rings. The highest BCUT2D eigenvalue weighted by molar-refractivity contribution is 5.20. The van der Waals surface area contributed by atoms with E-state index in [-0.39, 0.29) is 0 Å². The summed E-state index contributed by atoms with van der Waals surface area (Å²) in [5.41, 5.74) is 0. The maximum Gasteiger partial charge on any atom is 0.119 e. The first-order chi connectivity index (χ1) is 6.95. The molecule has 0 aromatic heterocycles. The zero-order valence-electron chi connectivity index (χ0n) is 8.41. The van der Waals surface area contributed by atoms with Crippen molar-refractivity contribution in [2.75, 3.05) is 19.7 Å². The van der Waals surface area contributed by atoms with E-state index in [4.69, 9.17) is 4.74 Å². The topological polar surface area (TPSA) is 21.3 Å². The summed E-state index contributed by atoms with van der Waals surface area (Å²) in [7, 11) is 0. The minimum absolute atomic E-state index is 0.848. The van der Waals surface area contributed by atoms with Crippen molar-refractivity contribution < 1.29 is 4.74 Å². The second-order valence-electron chi connectivity index (χ2n) is 3.83. The van der Waals surface area contributed by atoms with Gasteiger partial charge in [-0.25, -0.2) is 0 Å². The van der Waals surface area contributed by atoms with Crippen LogP contribution in [0, 0.1) is 5.92 Å². The smallest absolute Gasteiger partial charge is 0.119 e. The van der Waals surface area contributed by atoms with Gasteiger partial charge in [-0.2, -0.15) is 0 Å². The molecule has 76 valence electrons. The van der Waals surface area contributed by atoms with Crippen LogP contribution >= 0.6 is 0 Å². The second-order valence-corrected chi connectivity index (χ2v) is 3.83. The average Bonchev–Trinajstić information content (AvgIpc) is 2.16. The molecule has 1 N–H and O–H groups in total. The quantitative estimate of drug-likeness (QED) is 0.719. The fraction of sp³-hybridized carbons (Fsp3) is 0.500. The molecule has 2 rings (SSSR count). The lowest BCUT2D eigenvalue weighted by molar-refractivity contribution is 0.263. The zero-order chi connectivity index (χ0) is 9.64. The summed E-state index contributed by atoms with van der Waals surface area (Å²) >= 11 is 0. The van der Waals surface area contributed by atoms with Crippen molar-refractivity contribution >= 4 is 0 Å². The van der Waals surface area contributed by atoms with Crippen LogP contribution < -0.4 is 10.1 Å². The number of hydrogen-bond donors (Lipinski definition) is 1. The van der Waals surface area contributed by atoms with Gasteiger partial charge in [0, 0.05) is 0 Å². The Morgan fingerprint density at radius 3 is 2.64 bits per heavy atom. The Morgan fingerprint density at radius 1 is 1.21 bits per heavy atom. The van der Waals surface area contributed by atoms with Crippen LogP contribution in [0.5, 0.6) is 5.75 Å². The van der Waals surface area contributed by atoms with E-state index in [0.717, 1.165) is 18.3 Å². The first-order valence-electron chi connectivity index (χ1n) is 5.34. The van der Waals surface area contributed by atoms with Gasteiger partial charge in [-0.1, -0.05) is 18.2 Å². The summed E-state index contributed by atoms with van der Waals surface area (Å²) in [6.45, 7) is 3.25. The van der Waals surface area contributed by atoms with Gasteiger partial charge in [-0.3, -0.25) is 0 Å². The Hall–Kier alpha value is -1.02. The van der Waals surface area contributed by atoms with Gasteiger partial charge in [-0.15, -0.1) is 0 Å². The lowest BCUT2D eigenvalue weighted by Crippen LogP contribution is -2.41. The molecule has 2 heteroatoms. The largest absolute Gasteiger partial charge is 0.494 e. The van der Waals surface area contributed by atoms with E-state index in [0.29, 0.717) is 0 Å². The molecular weight excluding hydrogens is 174 g/mol. The normalized spacial score (nSPS) is 16.3. The molecule has 1 aliphatic rings. The number of rotatable bonds is 5. The molecule has 0 saturated carbocycles. The molecule has 2 nitrogen and oxygen atoms in total. The molecular formula is C12H17NO. The summed E-state index contributed by atoms with van der Waals surface area (Å²) < 4.78 is 5.60. The summed E-state index contributed by atoms with van der Waals surface area (Å²) in [6.07, 6.45) is 2.46. The van der Waals surface area contributed by atoms with E-state index >= 15 is 0 Å². The van der Waals surface area contributed by atoms with Gasteiger partial charge in [0.2, 0.25) is 0 Å². The lowest BCUT2D eigenvalue weighted by Gasteiger charge is -2.26. The van der Waals surface area contributed by atoms with Crippen LogP contribution in [-0.2, 0) is 0 Å². The van der Waals surface area contributed by atoms with Crippen LogP contribution in [0.2, 0.25) is 0 Å². The molecule has 0 atom stereocenters. The minimum atomic E-state index is 0.848. The maximum atomic E-state index is 5.60. The van der Waals surface area contributed by atoms with Crippen LogP contribution in [0.15, 0.2) is 30.3 Å². The highest BCUT2D eigenvalue weighted by Gasteiger charge is 2.15. The van der Waals surface area contributed by atoms with E-state index in [1.54, 1.807) is 0 Å². The average molecular weight is 191 g/mol. The first-order valence-corrected chi connectivity index (χ1v) is 5.34. The van der Waals surface area contributed by atoms with E-state index in [9.17, 15) is 0 Å². The summed E-state index contributed by atoms with van der Waals surface area (Å²) in [5, 5.41) is 3.28. The third kappa shape index (κ3) is 2.74. The van der Waals surface area contributed by atoms with Crippen molar-refractivity contribution in [3.63, 3.8) is 0 Å². The molecule has 0 aliphatic carbocycles. The Kier molecular flexibility index (Phi) is 3.41. The van der Waals surface area contributed by atoms with Crippen LogP contribution in [0.3, 0.4) is 0 Å². The highest BCUT2D eigenvalue weighted by Crippen LogP contribution is 2.13. The molecule has 0 radical (unpaired) electrons. The van der Waals surface area contributed by atoms with Gasteiger partial charge in [0.15, 0.2) is 0 Å². The third-order valence-corrected chi connectivity index (χ3v) is 2.63. The van der Waals surface area contributed by atoms with Gasteiger partial charge >= 0.3 is 0 Å². The van der Waals surface area contributed by atoms with Crippen LogP contribution in [0.4, 0.5) is 0 Å². The zero-order valence-corrected chi connectivity index (χ0v) is 8.41. The third-order valence-electron chi connectivity index (χ3n) is 2.63. The fourth-order valence-corrected chi connectivity index (χ4v) is 1.63. The summed E-state index contributed by atoms with van der Waals surface area (Å²) in [4.78, 5) is 0. The van der Waals surface area contributed by atoms with Crippen LogP contribution in [0.1, 0.15) is 12.8 Å². The monoisotopic (exact) mass is 191 g/mol. The molecule has 14 heavy (non-hydrogen) atoms. The molecule has 0 bridgehead atoms. The van der Waals surface area contributed by atoms with Crippen molar-refractivity contribution in [2.45, 2.75) is 12.8 Å². The van der Waals surface area contributed by atoms with E-state index < -0.39 is 0 Å². The number of benzene rings is 1. The lowest BCUT2D eigenvalue weighted by atomic mass is 9.98. The van der Waals surface area contributed by atoms with Crippen molar-refractivity contribution in [1.82, 2.24) is 5.32 Å². The number of nitrogens with one attached hydrogen (secondary N) is 1. The Bertz CT molecular complexity index is 256. The number of ether oxygens (including phenoxy) is 1. The molecule has 1 saturated heterocycles. The molecule has 0 unspecified atom stereocenters. The van der Waals surface area contributed by atoms with Gasteiger partial charge < -0.3 is 10.1 Å². The molecule has 1 fully saturated rings. The Morgan fingerprint density at radius 2 is 2.00 bits per heavy atom. The van der Waals surface area contributed by atoms with Gasteiger partial charge in [0.05, 0.1) is 6.61 Å². The van der Waals surface area contributed by atoms with E-state index in [2.05, 4.69) is 5.32 Å². The molecule has 1 aliphatic heterocycles. The van der Waals surface area contributed by atoms with E-state index in [1.165, 1.54) is 25.9 Å². The summed E-state index contributed by atoms with van der Waals surface area (Å²) in [6, 6.07) is 10.0. The standard InChI is InChI=1S/C12H17NO/c1-2-6-12(7-3-1)14-8-4-5-11-9-13-10-11/h1-3,6-7,11,13H,4-5,8-10H2. The van der Waals surface area contributed by atoms with Crippen molar-refractivity contribution in [1.29, 1.82) is 0 Å². The maximum absolute atomic E-state index is 5.60. The predicted molar refractivity (Wildman–Crippen MR) is 57.5 cm³/mol. The van der Waals surface area contributed by atoms with Crippen molar-refractivity contribution in [2.24, 2.45) is 5.92 Å². The minimum Gasteiger partial charge on any atom is -0.494 e. The van der Waals surface area contributed by atoms with Crippen LogP contribution in [-0.4, -0.2) is 19.7 Å². The highest BCUT2D eigenvalue weighted by atomic mass is 16.5. The van der Waals surface area contributed by atoms with Gasteiger partial charge in [0.25, 0.3) is 0 Å². The first kappa shape index (κ1) is 9.53. The Balaban J connectivity index is 1.58. The van der Waals surface area contributed by atoms with E-state index in [1.807, 2.05) is 30.3 Å². The molecule has 0 spiro atoms. The Labute approximate surface area is 85.3 Å². The molecule has 1 heterocycles. The van der Waals surface area contributed by atoms with Gasteiger partial charge in [-0.05, 0) is 44.0 Å². The van der Waals surface area contributed by atoms with Gasteiger partial charge in [0.1, 0.15) is 5.75 Å². The van der Waals surface area contributed by atoms with Crippen LogP contribution in [0.25, 0.3) is 0 Å². The number of para-hydroxylation sites is 1. The molecule has 1 aromatic carbocycles. The predicted octanol–water partition coefficient (Wildman–Crippen LogP) is 2.06. The SMILES string of the molecule is c1ccc(OCCCC2CNC2)cc1. The van der Waals surface area contributed by atoms with Crippen molar-refractivity contribution in [3.8, 4) is 5.75 Å². The summed E-state index contributed by atoms with van der Waals surface area (Å²) in [5.74, 6) is 1.88.